The average Bonchev–Trinajstić information content (AvgIpc) is 3.79. The van der Waals surface area contributed by atoms with Crippen LogP contribution >= 0.6 is 0 Å². The van der Waals surface area contributed by atoms with Crippen LogP contribution in [0.3, 0.4) is 0 Å². The van der Waals surface area contributed by atoms with Gasteiger partial charge in [-0.1, -0.05) is 194 Å². The first kappa shape index (κ1) is 38.5. The van der Waals surface area contributed by atoms with E-state index in [4.69, 9.17) is 4.42 Å². The van der Waals surface area contributed by atoms with Gasteiger partial charge in [-0.2, -0.15) is 0 Å². The highest BCUT2D eigenvalue weighted by atomic mass is 16.3. The third kappa shape index (κ3) is 6.43. The molecule has 1 heterocycles. The van der Waals surface area contributed by atoms with Gasteiger partial charge in [0.05, 0.1) is 17.1 Å². The first-order valence-electron chi connectivity index (χ1n) is 22.9. The third-order valence-corrected chi connectivity index (χ3v) is 13.4. The summed E-state index contributed by atoms with van der Waals surface area (Å²) in [6.07, 6.45) is 0. The minimum atomic E-state index is 0.857. The van der Waals surface area contributed by atoms with E-state index < -0.39 is 0 Å². The Morgan fingerprint density at radius 3 is 1.48 bits per heavy atom. The summed E-state index contributed by atoms with van der Waals surface area (Å²) in [4.78, 5) is 4.78. The smallest absolute Gasteiger partial charge is 0.159 e. The summed E-state index contributed by atoms with van der Waals surface area (Å²) in [6, 6.07) is 91.8. The van der Waals surface area contributed by atoms with E-state index in [-0.39, 0.29) is 0 Å². The summed E-state index contributed by atoms with van der Waals surface area (Å²) < 4.78 is 6.76. The Balaban J connectivity index is 1.02. The number of para-hydroxylation sites is 5. The number of fused-ring (bicyclic) bond motifs is 11. The topological polar surface area (TPSA) is 19.6 Å². The lowest BCUT2D eigenvalue weighted by molar-refractivity contribution is 0.669. The number of furan rings is 1. The molecule has 0 saturated carbocycles. The lowest BCUT2D eigenvalue weighted by Gasteiger charge is -2.28. The van der Waals surface area contributed by atoms with E-state index in [1.54, 1.807) is 0 Å². The SMILES string of the molecule is c1ccc(-c2ccccc2N(c2ccccc2)c2ccc3c(ccc4c5ccc(N(c6ccccc6-c6ccccc6)c6cccc7c6oc6ccccc67)cc5c5ccccc5c34)c2)cc1. The molecule has 0 radical (unpaired) electrons. The monoisotopic (exact) mass is 854 g/mol. The molecule has 0 amide bonds. The molecule has 0 atom stereocenters. The van der Waals surface area contributed by atoms with E-state index in [0.717, 1.165) is 67.2 Å². The molecular formula is C64H42N2O. The van der Waals surface area contributed by atoms with Crippen molar-refractivity contribution in [3.8, 4) is 22.3 Å². The molecule has 67 heavy (non-hydrogen) atoms. The molecule has 0 bridgehead atoms. The van der Waals surface area contributed by atoms with Crippen LogP contribution < -0.4 is 9.80 Å². The molecule has 0 N–H and O–H groups in total. The van der Waals surface area contributed by atoms with E-state index in [9.17, 15) is 0 Å². The van der Waals surface area contributed by atoms with E-state index in [1.807, 2.05) is 6.07 Å². The molecule has 3 heteroatoms. The number of nitrogens with zero attached hydrogens (tertiary/aromatic N) is 2. The van der Waals surface area contributed by atoms with Gasteiger partial charge in [-0.25, -0.2) is 0 Å². The fraction of sp³-hybridized carbons (Fsp3) is 0. The van der Waals surface area contributed by atoms with Crippen LogP contribution in [0.4, 0.5) is 34.1 Å². The predicted octanol–water partition coefficient (Wildman–Crippen LogP) is 18.5. The van der Waals surface area contributed by atoms with E-state index in [2.05, 4.69) is 259 Å². The van der Waals surface area contributed by atoms with Crippen LogP contribution in [-0.2, 0) is 0 Å². The Morgan fingerprint density at radius 2 is 0.761 bits per heavy atom. The molecule has 3 nitrogen and oxygen atoms in total. The molecule has 13 aromatic rings. The summed E-state index contributed by atoms with van der Waals surface area (Å²) in [5.74, 6) is 0. The molecule has 0 saturated heterocycles. The van der Waals surface area contributed by atoms with Crippen molar-refractivity contribution in [2.75, 3.05) is 9.80 Å². The molecule has 0 fully saturated rings. The van der Waals surface area contributed by atoms with Gasteiger partial charge in [-0.3, -0.25) is 0 Å². The Kier molecular flexibility index (Phi) is 9.17. The van der Waals surface area contributed by atoms with Gasteiger partial charge in [-0.15, -0.1) is 0 Å². The number of hydrogen-bond acceptors (Lipinski definition) is 3. The second kappa shape index (κ2) is 16.0. The standard InChI is InChI=1S/C64H42N2O/c1-4-19-43(20-5-1)49-25-12-15-31-59(49)65(46-23-8-3-9-24-46)47-36-39-51-45(41-47)35-38-56-53-40-37-48(42-58(53)52-27-10-11-29-55(52)63(51)56)66(60-32-16-13-26-50(60)44-21-6-2-7-22-44)61-33-18-30-57-54-28-14-17-34-62(54)67-64(57)61/h1-42H. The molecule has 12 aromatic carbocycles. The van der Waals surface area contributed by atoms with Crippen molar-refractivity contribution in [1.29, 1.82) is 0 Å². The molecule has 13 rings (SSSR count). The van der Waals surface area contributed by atoms with Crippen molar-refractivity contribution in [3.63, 3.8) is 0 Å². The summed E-state index contributed by atoms with van der Waals surface area (Å²) in [6.45, 7) is 0. The average molecular weight is 855 g/mol. The maximum Gasteiger partial charge on any atom is 0.159 e. The number of anilines is 6. The zero-order valence-corrected chi connectivity index (χ0v) is 36.6. The van der Waals surface area contributed by atoms with E-state index >= 15 is 0 Å². The maximum absolute atomic E-state index is 6.76. The third-order valence-electron chi connectivity index (χ3n) is 13.4. The van der Waals surface area contributed by atoms with Gasteiger partial charge in [0.1, 0.15) is 5.58 Å². The summed E-state index contributed by atoms with van der Waals surface area (Å²) in [7, 11) is 0. The largest absolute Gasteiger partial charge is 0.454 e. The van der Waals surface area contributed by atoms with Gasteiger partial charge in [0.2, 0.25) is 0 Å². The summed E-state index contributed by atoms with van der Waals surface area (Å²) >= 11 is 0. The summed E-state index contributed by atoms with van der Waals surface area (Å²) in [5.41, 5.74) is 12.8. The highest BCUT2D eigenvalue weighted by Crippen LogP contribution is 2.48. The van der Waals surface area contributed by atoms with E-state index in [1.165, 1.54) is 54.2 Å². The first-order chi connectivity index (χ1) is 33.3. The molecule has 0 aliphatic carbocycles. The Labute approximate surface area is 388 Å². The first-order valence-corrected chi connectivity index (χ1v) is 22.9. The molecule has 0 aliphatic heterocycles. The van der Waals surface area contributed by atoms with Crippen LogP contribution in [0.15, 0.2) is 259 Å². The lowest BCUT2D eigenvalue weighted by atomic mass is 9.90. The van der Waals surface area contributed by atoms with Crippen molar-refractivity contribution >= 4 is 99.2 Å². The fourth-order valence-electron chi connectivity index (χ4n) is 10.4. The second-order valence-electron chi connectivity index (χ2n) is 17.2. The van der Waals surface area contributed by atoms with Crippen LogP contribution in [-0.4, -0.2) is 0 Å². The van der Waals surface area contributed by atoms with Crippen molar-refractivity contribution in [2.45, 2.75) is 0 Å². The van der Waals surface area contributed by atoms with E-state index in [0.29, 0.717) is 0 Å². The van der Waals surface area contributed by atoms with Crippen LogP contribution in [0, 0.1) is 0 Å². The van der Waals surface area contributed by atoms with Crippen molar-refractivity contribution in [3.05, 3.63) is 255 Å². The minimum Gasteiger partial charge on any atom is -0.454 e. The lowest BCUT2D eigenvalue weighted by Crippen LogP contribution is -2.11. The fourth-order valence-corrected chi connectivity index (χ4v) is 10.4. The Bertz CT molecular complexity index is 3970. The van der Waals surface area contributed by atoms with Gasteiger partial charge in [0.25, 0.3) is 0 Å². The van der Waals surface area contributed by atoms with Gasteiger partial charge in [0, 0.05) is 39.0 Å². The minimum absolute atomic E-state index is 0.857. The molecule has 1 aromatic heterocycles. The number of hydrogen-bond donors (Lipinski definition) is 0. The highest BCUT2D eigenvalue weighted by molar-refractivity contribution is 6.32. The van der Waals surface area contributed by atoms with Crippen molar-refractivity contribution in [2.24, 2.45) is 0 Å². The molecule has 0 unspecified atom stereocenters. The molecule has 0 aliphatic rings. The van der Waals surface area contributed by atoms with Gasteiger partial charge >= 0.3 is 0 Å². The molecule has 314 valence electrons. The van der Waals surface area contributed by atoms with Crippen LogP contribution in [0.1, 0.15) is 0 Å². The normalized spacial score (nSPS) is 11.6. The zero-order chi connectivity index (χ0) is 44.3. The summed E-state index contributed by atoms with van der Waals surface area (Å²) in [5, 5.41) is 11.9. The second-order valence-corrected chi connectivity index (χ2v) is 17.2. The van der Waals surface area contributed by atoms with Gasteiger partial charge in [0.15, 0.2) is 5.58 Å². The number of benzene rings is 12. The molecule has 0 spiro atoms. The molecular weight excluding hydrogens is 813 g/mol. The highest BCUT2D eigenvalue weighted by Gasteiger charge is 2.24. The van der Waals surface area contributed by atoms with Gasteiger partial charge in [-0.05, 0) is 115 Å². The van der Waals surface area contributed by atoms with Crippen LogP contribution in [0.5, 0.6) is 0 Å². The van der Waals surface area contributed by atoms with Crippen molar-refractivity contribution < 1.29 is 4.42 Å². The maximum atomic E-state index is 6.76. The number of rotatable bonds is 8. The zero-order valence-electron chi connectivity index (χ0n) is 36.6. The predicted molar refractivity (Wildman–Crippen MR) is 284 cm³/mol. The quantitative estimate of drug-likeness (QED) is 0.142. The van der Waals surface area contributed by atoms with Crippen molar-refractivity contribution in [1.82, 2.24) is 0 Å². The van der Waals surface area contributed by atoms with Crippen LogP contribution in [0.2, 0.25) is 0 Å². The Morgan fingerprint density at radius 1 is 0.269 bits per heavy atom. The Hall–Kier alpha value is -8.92. The van der Waals surface area contributed by atoms with Gasteiger partial charge < -0.3 is 14.2 Å². The van der Waals surface area contributed by atoms with Crippen LogP contribution in [0.25, 0.3) is 87.3 Å².